The predicted octanol–water partition coefficient (Wildman–Crippen LogP) is 2.37. The summed E-state index contributed by atoms with van der Waals surface area (Å²) in [6.07, 6.45) is 13.5. The number of aromatic nitrogens is 2. The summed E-state index contributed by atoms with van der Waals surface area (Å²) in [6, 6.07) is 1.71. The van der Waals surface area contributed by atoms with Crippen LogP contribution in [0.5, 0.6) is 0 Å². The molecule has 1 aliphatic carbocycles. The number of piperidine rings is 2. The first-order valence-electron chi connectivity index (χ1n) is 10.9. The van der Waals surface area contributed by atoms with Crippen molar-refractivity contribution in [3.05, 3.63) is 18.0 Å². The average molecular weight is 374 g/mol. The van der Waals surface area contributed by atoms with Crippen molar-refractivity contribution in [3.8, 4) is 0 Å². The van der Waals surface area contributed by atoms with Crippen molar-refractivity contribution in [2.75, 3.05) is 13.1 Å². The first-order valence-corrected chi connectivity index (χ1v) is 10.9. The van der Waals surface area contributed by atoms with Gasteiger partial charge in [0.1, 0.15) is 0 Å². The molecule has 2 N–H and O–H groups in total. The third-order valence-corrected chi connectivity index (χ3v) is 6.89. The Hall–Kier alpha value is -1.40. The van der Waals surface area contributed by atoms with Crippen molar-refractivity contribution in [2.45, 2.75) is 82.5 Å². The fraction of sp³-hybridized carbons (Fsp3) is 0.810. The number of hydrogen-bond donors (Lipinski definition) is 2. The number of hydrogen-bond acceptors (Lipinski definition) is 4. The van der Waals surface area contributed by atoms with E-state index in [-0.39, 0.29) is 11.9 Å². The summed E-state index contributed by atoms with van der Waals surface area (Å²) in [5.41, 5.74) is 1.11. The van der Waals surface area contributed by atoms with Crippen LogP contribution in [-0.2, 0) is 11.8 Å². The highest BCUT2D eigenvalue weighted by Gasteiger charge is 2.34. The Balaban J connectivity index is 1.32. The van der Waals surface area contributed by atoms with Crippen molar-refractivity contribution in [2.24, 2.45) is 13.0 Å². The van der Waals surface area contributed by atoms with Gasteiger partial charge in [0.25, 0.3) is 0 Å². The van der Waals surface area contributed by atoms with E-state index in [1.165, 1.54) is 51.6 Å². The van der Waals surface area contributed by atoms with Gasteiger partial charge < -0.3 is 15.5 Å². The molecule has 3 heterocycles. The van der Waals surface area contributed by atoms with Crippen molar-refractivity contribution in [3.63, 3.8) is 0 Å². The molecule has 4 rings (SSSR count). The molecule has 1 aromatic heterocycles. The molecule has 0 bridgehead atoms. The Morgan fingerprint density at radius 1 is 1.19 bits per heavy atom. The lowest BCUT2D eigenvalue weighted by atomic mass is 9.85. The lowest BCUT2D eigenvalue weighted by Gasteiger charge is -2.42. The molecule has 0 radical (unpaired) electrons. The van der Waals surface area contributed by atoms with E-state index in [4.69, 9.17) is 0 Å². The summed E-state index contributed by atoms with van der Waals surface area (Å²) in [4.78, 5) is 14.7. The number of nitrogens with one attached hydrogen (secondary N) is 2. The maximum atomic E-state index is 12.0. The molecule has 1 amide bonds. The van der Waals surface area contributed by atoms with Crippen molar-refractivity contribution < 1.29 is 4.79 Å². The highest BCUT2D eigenvalue weighted by Crippen LogP contribution is 2.30. The molecular weight excluding hydrogens is 338 g/mol. The molecule has 1 saturated carbocycles. The van der Waals surface area contributed by atoms with E-state index < -0.39 is 0 Å². The van der Waals surface area contributed by atoms with Crippen LogP contribution in [0.1, 0.15) is 69.9 Å². The summed E-state index contributed by atoms with van der Waals surface area (Å²) in [5, 5.41) is 11.4. The zero-order valence-electron chi connectivity index (χ0n) is 16.9. The zero-order valence-corrected chi connectivity index (χ0v) is 16.9. The van der Waals surface area contributed by atoms with Gasteiger partial charge in [-0.3, -0.25) is 9.48 Å². The van der Waals surface area contributed by atoms with Gasteiger partial charge in [-0.2, -0.15) is 5.10 Å². The fourth-order valence-corrected chi connectivity index (χ4v) is 5.36. The molecule has 1 aromatic rings. The number of aryl methyl sites for hydroxylation is 1. The Morgan fingerprint density at radius 3 is 2.70 bits per heavy atom. The smallest absolute Gasteiger partial charge is 0.220 e. The molecule has 3 aliphatic rings. The topological polar surface area (TPSA) is 62.2 Å². The molecule has 0 unspecified atom stereocenters. The van der Waals surface area contributed by atoms with Crippen LogP contribution in [0.25, 0.3) is 0 Å². The first-order chi connectivity index (χ1) is 13.1. The van der Waals surface area contributed by atoms with Crippen molar-refractivity contribution in [1.82, 2.24) is 25.3 Å². The Kier molecular flexibility index (Phi) is 5.83. The van der Waals surface area contributed by atoms with Crippen LogP contribution in [-0.4, -0.2) is 51.8 Å². The molecular formula is C21H35N5O. The molecule has 3 fully saturated rings. The highest BCUT2D eigenvalue weighted by atomic mass is 16.1. The molecule has 4 atom stereocenters. The van der Waals surface area contributed by atoms with E-state index in [0.717, 1.165) is 23.9 Å². The Morgan fingerprint density at radius 2 is 2.00 bits per heavy atom. The number of amides is 1. The van der Waals surface area contributed by atoms with Gasteiger partial charge in [0.2, 0.25) is 5.91 Å². The molecule has 0 aromatic carbocycles. The summed E-state index contributed by atoms with van der Waals surface area (Å²) in [6.45, 7) is 4.84. The predicted molar refractivity (Wildman–Crippen MR) is 106 cm³/mol. The van der Waals surface area contributed by atoms with Crippen molar-refractivity contribution >= 4 is 5.91 Å². The molecule has 150 valence electrons. The third-order valence-electron chi connectivity index (χ3n) is 6.89. The van der Waals surface area contributed by atoms with E-state index in [1.54, 1.807) is 0 Å². The number of nitrogens with zero attached hydrogens (tertiary/aromatic N) is 3. The second-order valence-corrected chi connectivity index (χ2v) is 9.04. The van der Waals surface area contributed by atoms with E-state index in [2.05, 4.69) is 27.6 Å². The summed E-state index contributed by atoms with van der Waals surface area (Å²) < 4.78 is 1.82. The van der Waals surface area contributed by atoms with E-state index in [1.807, 2.05) is 24.1 Å². The number of carbonyl (C=O) groups is 1. The van der Waals surface area contributed by atoms with Crippen LogP contribution in [0.3, 0.4) is 0 Å². The van der Waals surface area contributed by atoms with Gasteiger partial charge in [-0.15, -0.1) is 0 Å². The SMILES string of the molecule is C[C@H]1CCC[C@H](N2CCC(N[C@@H]3CCC(=O)N[C@H]3c3cnn(C)c3)CC2)C1. The third kappa shape index (κ3) is 4.54. The fourth-order valence-electron chi connectivity index (χ4n) is 5.36. The summed E-state index contributed by atoms with van der Waals surface area (Å²) in [7, 11) is 1.93. The molecule has 2 aliphatic heterocycles. The number of rotatable bonds is 4. The van der Waals surface area contributed by atoms with Crippen LogP contribution in [0.2, 0.25) is 0 Å². The highest BCUT2D eigenvalue weighted by molar-refractivity contribution is 5.77. The average Bonchev–Trinajstić information content (AvgIpc) is 3.10. The lowest BCUT2D eigenvalue weighted by molar-refractivity contribution is -0.124. The van der Waals surface area contributed by atoms with Crippen LogP contribution in [0.15, 0.2) is 12.4 Å². The second kappa shape index (κ2) is 8.31. The minimum atomic E-state index is 0.0390. The largest absolute Gasteiger partial charge is 0.348 e. The van der Waals surface area contributed by atoms with Gasteiger partial charge in [0.15, 0.2) is 0 Å². The van der Waals surface area contributed by atoms with Crippen LogP contribution in [0.4, 0.5) is 0 Å². The van der Waals surface area contributed by atoms with Gasteiger partial charge in [0, 0.05) is 43.4 Å². The number of likely N-dealkylation sites (tertiary alicyclic amines) is 1. The minimum absolute atomic E-state index is 0.0390. The Bertz CT molecular complexity index is 636. The Labute approximate surface area is 163 Å². The van der Waals surface area contributed by atoms with Crippen LogP contribution < -0.4 is 10.6 Å². The van der Waals surface area contributed by atoms with Gasteiger partial charge in [-0.05, 0) is 51.1 Å². The summed E-state index contributed by atoms with van der Waals surface area (Å²) in [5.74, 6) is 1.05. The first kappa shape index (κ1) is 18.9. The van der Waals surface area contributed by atoms with E-state index >= 15 is 0 Å². The monoisotopic (exact) mass is 373 g/mol. The van der Waals surface area contributed by atoms with Crippen LogP contribution >= 0.6 is 0 Å². The zero-order chi connectivity index (χ0) is 18.8. The van der Waals surface area contributed by atoms with E-state index in [9.17, 15) is 4.79 Å². The normalized spacial score (nSPS) is 33.8. The molecule has 0 spiro atoms. The summed E-state index contributed by atoms with van der Waals surface area (Å²) >= 11 is 0. The van der Waals surface area contributed by atoms with Crippen molar-refractivity contribution in [1.29, 1.82) is 0 Å². The standard InChI is InChI=1S/C21H35N5O/c1-15-4-3-5-18(12-15)26-10-8-17(9-11-26)23-19-6-7-20(27)24-21(19)16-13-22-25(2)14-16/h13-15,17-19,21,23H,3-12H2,1-2H3,(H,24,27)/t15-,18-,19+,21-/m0/s1. The molecule has 6 heteroatoms. The molecule has 2 saturated heterocycles. The van der Waals surface area contributed by atoms with Gasteiger partial charge >= 0.3 is 0 Å². The second-order valence-electron chi connectivity index (χ2n) is 9.04. The van der Waals surface area contributed by atoms with Crippen LogP contribution in [0, 0.1) is 5.92 Å². The number of carbonyl (C=O) groups excluding carboxylic acids is 1. The maximum absolute atomic E-state index is 12.0. The van der Waals surface area contributed by atoms with E-state index in [0.29, 0.717) is 18.5 Å². The van der Waals surface area contributed by atoms with Gasteiger partial charge in [0.05, 0.1) is 12.2 Å². The quantitative estimate of drug-likeness (QED) is 0.851. The maximum Gasteiger partial charge on any atom is 0.220 e. The lowest BCUT2D eigenvalue weighted by Crippen LogP contribution is -2.54. The van der Waals surface area contributed by atoms with Gasteiger partial charge in [-0.1, -0.05) is 19.8 Å². The van der Waals surface area contributed by atoms with Gasteiger partial charge in [-0.25, -0.2) is 0 Å². The molecule has 6 nitrogen and oxygen atoms in total. The minimum Gasteiger partial charge on any atom is -0.348 e. The molecule has 27 heavy (non-hydrogen) atoms.